The molecule has 0 aromatic rings. The maximum atomic E-state index is 12.9. The maximum absolute atomic E-state index is 12.9. The first-order valence-electron chi connectivity index (χ1n) is 34.2. The summed E-state index contributed by atoms with van der Waals surface area (Å²) < 4.78 is 16.9. The topological polar surface area (TPSA) is 78.9 Å². The Balaban J connectivity index is 4.40. The van der Waals surface area contributed by atoms with E-state index in [1.54, 1.807) is 0 Å². The standard InChI is InChI=1S/C76H126O6/c1-4-7-10-13-16-19-22-25-28-31-33-34-35-36-37-38-39-40-41-42-44-45-48-51-54-57-60-63-66-69-75(78)81-72-73(71-80-74(77)68-65-62-59-56-53-50-47-30-27-24-21-18-15-12-9-6-3)82-76(79)70-67-64-61-58-55-52-49-46-43-32-29-26-23-20-17-14-11-8-5-2/h8,11,17,20-22,24-26,29-31,33,35-36,43,46-47,52,55,61,64,73H,4-7,9-10,12-16,18-19,23,27-28,32,34,37-42,44-45,48-51,53-54,56-60,62-63,65-72H2,1-3H3/b11-8-,20-17-,24-21-,25-22-,29-26-,33-31-,36-35-,46-43-,47-30-,55-52-,64-61-. The van der Waals surface area contributed by atoms with Crippen molar-refractivity contribution in [2.75, 3.05) is 13.2 Å². The molecule has 1 atom stereocenters. The molecular weight excluding hydrogens is 1010 g/mol. The molecule has 0 aliphatic rings. The number of hydrogen-bond acceptors (Lipinski definition) is 6. The molecule has 0 N–H and O–H groups in total. The van der Waals surface area contributed by atoms with E-state index in [1.807, 2.05) is 6.08 Å². The van der Waals surface area contributed by atoms with Crippen LogP contribution in [0.25, 0.3) is 0 Å². The minimum atomic E-state index is -0.831. The number of esters is 3. The van der Waals surface area contributed by atoms with Crippen molar-refractivity contribution in [3.63, 3.8) is 0 Å². The van der Waals surface area contributed by atoms with Crippen LogP contribution in [-0.2, 0) is 28.6 Å². The summed E-state index contributed by atoms with van der Waals surface area (Å²) in [6.45, 7) is 6.44. The number of rotatable bonds is 61. The number of carbonyl (C=O) groups excluding carboxylic acids is 3. The van der Waals surface area contributed by atoms with Crippen LogP contribution in [0.15, 0.2) is 134 Å². The van der Waals surface area contributed by atoms with Crippen LogP contribution in [0.3, 0.4) is 0 Å². The molecule has 0 radical (unpaired) electrons. The number of carbonyl (C=O) groups is 3. The maximum Gasteiger partial charge on any atom is 0.306 e. The van der Waals surface area contributed by atoms with Gasteiger partial charge in [0.1, 0.15) is 13.2 Å². The second kappa shape index (κ2) is 69.0. The minimum Gasteiger partial charge on any atom is -0.462 e. The molecular formula is C76H126O6. The molecule has 0 bridgehead atoms. The predicted octanol–water partition coefficient (Wildman–Crippen LogP) is 23.7. The van der Waals surface area contributed by atoms with Crippen molar-refractivity contribution in [3.8, 4) is 0 Å². The van der Waals surface area contributed by atoms with Crippen LogP contribution < -0.4 is 0 Å². The quantitative estimate of drug-likeness (QED) is 0.0261. The van der Waals surface area contributed by atoms with Gasteiger partial charge in [-0.2, -0.15) is 0 Å². The van der Waals surface area contributed by atoms with E-state index < -0.39 is 12.1 Å². The summed E-state index contributed by atoms with van der Waals surface area (Å²) in [7, 11) is 0. The van der Waals surface area contributed by atoms with Crippen molar-refractivity contribution in [3.05, 3.63) is 134 Å². The van der Waals surface area contributed by atoms with Crippen LogP contribution in [0.5, 0.6) is 0 Å². The van der Waals surface area contributed by atoms with Gasteiger partial charge in [-0.25, -0.2) is 0 Å². The first-order valence-corrected chi connectivity index (χ1v) is 34.2. The average molecular weight is 1140 g/mol. The van der Waals surface area contributed by atoms with E-state index in [1.165, 1.54) is 148 Å². The average Bonchev–Trinajstić information content (AvgIpc) is 3.47. The number of ether oxygens (including phenoxy) is 3. The summed E-state index contributed by atoms with van der Waals surface area (Å²) in [5.41, 5.74) is 0. The zero-order valence-electron chi connectivity index (χ0n) is 53.5. The lowest BCUT2D eigenvalue weighted by Gasteiger charge is -2.18. The van der Waals surface area contributed by atoms with Gasteiger partial charge in [-0.15, -0.1) is 0 Å². The molecule has 0 aromatic carbocycles. The summed E-state index contributed by atoms with van der Waals surface area (Å²) in [4.78, 5) is 38.4. The Hall–Kier alpha value is -4.45. The second-order valence-electron chi connectivity index (χ2n) is 22.3. The van der Waals surface area contributed by atoms with Crippen molar-refractivity contribution in [2.24, 2.45) is 0 Å². The Kier molecular flexibility index (Phi) is 65.3. The third kappa shape index (κ3) is 66.4. The fraction of sp³-hybridized carbons (Fsp3) is 0.671. The molecule has 466 valence electrons. The smallest absolute Gasteiger partial charge is 0.306 e. The molecule has 0 aromatic heterocycles. The van der Waals surface area contributed by atoms with Crippen LogP contribution in [0, 0.1) is 0 Å². The van der Waals surface area contributed by atoms with E-state index in [0.717, 1.165) is 116 Å². The molecule has 1 unspecified atom stereocenters. The first-order chi connectivity index (χ1) is 40.5. The Morgan fingerprint density at radius 2 is 0.500 bits per heavy atom. The Bertz CT molecular complexity index is 1730. The number of hydrogen-bond donors (Lipinski definition) is 0. The molecule has 0 saturated heterocycles. The van der Waals surface area contributed by atoms with Crippen molar-refractivity contribution in [2.45, 2.75) is 316 Å². The van der Waals surface area contributed by atoms with Crippen LogP contribution >= 0.6 is 0 Å². The van der Waals surface area contributed by atoms with E-state index in [2.05, 4.69) is 148 Å². The molecule has 0 saturated carbocycles. The van der Waals surface area contributed by atoms with Crippen LogP contribution in [0.1, 0.15) is 310 Å². The summed E-state index contributed by atoms with van der Waals surface area (Å²) in [6, 6.07) is 0. The van der Waals surface area contributed by atoms with Gasteiger partial charge in [-0.1, -0.05) is 296 Å². The van der Waals surface area contributed by atoms with Gasteiger partial charge in [0.05, 0.1) is 0 Å². The van der Waals surface area contributed by atoms with E-state index in [9.17, 15) is 14.4 Å². The summed E-state index contributed by atoms with van der Waals surface area (Å²) in [6.07, 6.45) is 97.7. The molecule has 0 fully saturated rings. The Morgan fingerprint density at radius 3 is 0.805 bits per heavy atom. The lowest BCUT2D eigenvalue weighted by Crippen LogP contribution is -2.30. The van der Waals surface area contributed by atoms with Crippen LogP contribution in [0.4, 0.5) is 0 Å². The third-order valence-electron chi connectivity index (χ3n) is 14.4. The molecule has 0 rings (SSSR count). The molecule has 82 heavy (non-hydrogen) atoms. The fourth-order valence-electron chi connectivity index (χ4n) is 9.27. The fourth-order valence-corrected chi connectivity index (χ4v) is 9.27. The van der Waals surface area contributed by atoms with Crippen LogP contribution in [-0.4, -0.2) is 37.2 Å². The summed E-state index contributed by atoms with van der Waals surface area (Å²) in [5, 5.41) is 0. The molecule has 6 heteroatoms. The van der Waals surface area contributed by atoms with Gasteiger partial charge in [0.2, 0.25) is 0 Å². The monoisotopic (exact) mass is 1130 g/mol. The van der Waals surface area contributed by atoms with Crippen molar-refractivity contribution < 1.29 is 28.6 Å². The first kappa shape index (κ1) is 77.5. The number of unbranched alkanes of at least 4 members (excludes halogenated alkanes) is 28. The largest absolute Gasteiger partial charge is 0.462 e. The third-order valence-corrected chi connectivity index (χ3v) is 14.4. The van der Waals surface area contributed by atoms with Gasteiger partial charge in [0.25, 0.3) is 0 Å². The molecule has 6 nitrogen and oxygen atoms in total. The summed E-state index contributed by atoms with van der Waals surface area (Å²) in [5.74, 6) is -1.01. The van der Waals surface area contributed by atoms with Gasteiger partial charge in [-0.3, -0.25) is 14.4 Å². The SMILES string of the molecule is CC/C=C\C/C=C\C/C=C\C/C=C\C/C=C\C/C=C\CCC(=O)OC(COC(=O)CCCCCCC/C=C\C/C=C\CCCCCC)COC(=O)CCCCCCCCCCCCCCCC/C=C\C/C=C\C/C=C\CCCCCCC. The van der Waals surface area contributed by atoms with Gasteiger partial charge < -0.3 is 14.2 Å². The van der Waals surface area contributed by atoms with Gasteiger partial charge in [0, 0.05) is 19.3 Å². The number of allylic oxidation sites excluding steroid dienone is 22. The molecule has 0 heterocycles. The molecule has 0 spiro atoms. The minimum absolute atomic E-state index is 0.116. The lowest BCUT2D eigenvalue weighted by atomic mass is 10.0. The second-order valence-corrected chi connectivity index (χ2v) is 22.3. The van der Waals surface area contributed by atoms with Gasteiger partial charge in [0.15, 0.2) is 6.10 Å². The van der Waals surface area contributed by atoms with Gasteiger partial charge in [-0.05, 0) is 128 Å². The highest BCUT2D eigenvalue weighted by molar-refractivity contribution is 5.71. The van der Waals surface area contributed by atoms with E-state index in [0.29, 0.717) is 19.3 Å². The lowest BCUT2D eigenvalue weighted by molar-refractivity contribution is -0.166. The summed E-state index contributed by atoms with van der Waals surface area (Å²) >= 11 is 0. The molecule has 0 aliphatic heterocycles. The molecule has 0 aliphatic carbocycles. The van der Waals surface area contributed by atoms with E-state index in [-0.39, 0.29) is 31.6 Å². The highest BCUT2D eigenvalue weighted by Gasteiger charge is 2.19. The Morgan fingerprint density at radius 1 is 0.256 bits per heavy atom. The van der Waals surface area contributed by atoms with Gasteiger partial charge >= 0.3 is 17.9 Å². The van der Waals surface area contributed by atoms with E-state index in [4.69, 9.17) is 14.2 Å². The van der Waals surface area contributed by atoms with Crippen LogP contribution in [0.2, 0.25) is 0 Å². The van der Waals surface area contributed by atoms with E-state index >= 15 is 0 Å². The highest BCUT2D eigenvalue weighted by Crippen LogP contribution is 2.16. The zero-order chi connectivity index (χ0) is 59.2. The Labute approximate surface area is 506 Å². The molecule has 0 amide bonds. The predicted molar refractivity (Wildman–Crippen MR) is 357 cm³/mol. The normalized spacial score (nSPS) is 13.0. The van der Waals surface area contributed by atoms with Crippen molar-refractivity contribution in [1.29, 1.82) is 0 Å². The van der Waals surface area contributed by atoms with Crippen molar-refractivity contribution in [1.82, 2.24) is 0 Å². The highest BCUT2D eigenvalue weighted by atomic mass is 16.6. The zero-order valence-corrected chi connectivity index (χ0v) is 53.5. The van der Waals surface area contributed by atoms with Crippen molar-refractivity contribution >= 4 is 17.9 Å².